The molecule has 2 aromatic carbocycles. The third-order valence-electron chi connectivity index (χ3n) is 4.39. The van der Waals surface area contributed by atoms with Crippen molar-refractivity contribution >= 4 is 21.6 Å². The Morgan fingerprint density at radius 3 is 2.30 bits per heavy atom. The fourth-order valence-electron chi connectivity index (χ4n) is 3.10. The van der Waals surface area contributed by atoms with Gasteiger partial charge in [0.1, 0.15) is 17.5 Å². The van der Waals surface area contributed by atoms with Gasteiger partial charge in [0.2, 0.25) is 15.9 Å². The minimum Gasteiger partial charge on any atom is -0.497 e. The molecule has 2 rings (SSSR count). The molecule has 0 heterocycles. The van der Waals surface area contributed by atoms with E-state index in [9.17, 15) is 13.2 Å². The number of hydrogen-bond acceptors (Lipinski definition) is 5. The number of anilines is 1. The van der Waals surface area contributed by atoms with Gasteiger partial charge in [-0.3, -0.25) is 9.10 Å². The van der Waals surface area contributed by atoms with Crippen LogP contribution in [0, 0.1) is 0 Å². The topological polar surface area (TPSA) is 84.9 Å². The van der Waals surface area contributed by atoms with Crippen molar-refractivity contribution in [3.63, 3.8) is 0 Å². The lowest BCUT2D eigenvalue weighted by atomic mass is 10.1. The summed E-state index contributed by atoms with van der Waals surface area (Å²) in [5.74, 6) is 0.960. The van der Waals surface area contributed by atoms with Crippen LogP contribution in [-0.4, -0.2) is 39.8 Å². The van der Waals surface area contributed by atoms with Gasteiger partial charge in [0.25, 0.3) is 0 Å². The number of carbonyl (C=O) groups is 1. The molecule has 7 nitrogen and oxygen atoms in total. The fourth-order valence-corrected chi connectivity index (χ4v) is 4.31. The number of rotatable bonds is 10. The Morgan fingerprint density at radius 2 is 1.77 bits per heavy atom. The largest absolute Gasteiger partial charge is 0.497 e. The highest BCUT2D eigenvalue weighted by atomic mass is 32.2. The molecule has 1 N–H and O–H groups in total. The second kappa shape index (κ2) is 10.3. The van der Waals surface area contributed by atoms with E-state index in [-0.39, 0.29) is 18.6 Å². The average molecular weight is 435 g/mol. The lowest BCUT2D eigenvalue weighted by molar-refractivity contribution is -0.122. The quantitative estimate of drug-likeness (QED) is 0.620. The summed E-state index contributed by atoms with van der Waals surface area (Å²) in [6.07, 6.45) is 1.47. The molecule has 0 saturated heterocycles. The highest BCUT2D eigenvalue weighted by Crippen LogP contribution is 2.25. The summed E-state index contributed by atoms with van der Waals surface area (Å²) in [6, 6.07) is 13.2. The van der Waals surface area contributed by atoms with E-state index < -0.39 is 16.1 Å². The predicted octanol–water partition coefficient (Wildman–Crippen LogP) is 3.34. The number of benzene rings is 2. The maximum absolute atomic E-state index is 12.9. The average Bonchev–Trinajstić information content (AvgIpc) is 2.69. The van der Waals surface area contributed by atoms with Crippen molar-refractivity contribution < 1.29 is 22.7 Å². The van der Waals surface area contributed by atoms with Crippen molar-refractivity contribution in [1.29, 1.82) is 0 Å². The molecule has 0 aliphatic carbocycles. The van der Waals surface area contributed by atoms with Crippen molar-refractivity contribution in [2.45, 2.75) is 45.9 Å². The Bertz CT molecular complexity index is 942. The van der Waals surface area contributed by atoms with Crippen LogP contribution in [-0.2, 0) is 21.4 Å². The zero-order valence-electron chi connectivity index (χ0n) is 18.1. The summed E-state index contributed by atoms with van der Waals surface area (Å²) < 4.78 is 37.0. The van der Waals surface area contributed by atoms with Gasteiger partial charge in [0.05, 0.1) is 25.2 Å². The lowest BCUT2D eigenvalue weighted by Gasteiger charge is -2.30. The van der Waals surface area contributed by atoms with E-state index >= 15 is 0 Å². The number of hydrogen-bond donors (Lipinski definition) is 1. The zero-order chi connectivity index (χ0) is 22.3. The van der Waals surface area contributed by atoms with Crippen molar-refractivity contribution in [3.8, 4) is 11.5 Å². The van der Waals surface area contributed by atoms with E-state index in [1.807, 2.05) is 38.1 Å². The lowest BCUT2D eigenvalue weighted by Crippen LogP contribution is -2.49. The van der Waals surface area contributed by atoms with E-state index in [1.165, 1.54) is 7.11 Å². The summed E-state index contributed by atoms with van der Waals surface area (Å²) in [6.45, 7) is 5.94. The Kier molecular flexibility index (Phi) is 8.11. The molecule has 30 heavy (non-hydrogen) atoms. The molecular formula is C22H30N2O5S. The standard InChI is InChI=1S/C22H30N2O5S/c1-6-21(24(30(5,26)27)18-10-12-19(28-4)13-11-18)22(25)23-15-17-8-7-9-20(14-17)29-16(2)3/h7-14,16,21H,6,15H2,1-5H3,(H,23,25)/t21-/m0/s1. The minimum atomic E-state index is -3.69. The molecule has 1 atom stereocenters. The van der Waals surface area contributed by atoms with Crippen molar-refractivity contribution in [3.05, 3.63) is 54.1 Å². The number of sulfonamides is 1. The third kappa shape index (κ3) is 6.38. The Balaban J connectivity index is 2.19. The molecular weight excluding hydrogens is 404 g/mol. The summed E-state index contributed by atoms with van der Waals surface area (Å²) >= 11 is 0. The van der Waals surface area contributed by atoms with Gasteiger partial charge in [-0.2, -0.15) is 0 Å². The minimum absolute atomic E-state index is 0.0483. The van der Waals surface area contributed by atoms with Crippen LogP contribution in [0.3, 0.4) is 0 Å². The molecule has 0 unspecified atom stereocenters. The Hall–Kier alpha value is -2.74. The second-order valence-electron chi connectivity index (χ2n) is 7.21. The third-order valence-corrected chi connectivity index (χ3v) is 5.57. The SMILES string of the molecule is CC[C@@H](C(=O)NCc1cccc(OC(C)C)c1)N(c1ccc(OC)cc1)S(C)(=O)=O. The summed E-state index contributed by atoms with van der Waals surface area (Å²) in [5.41, 5.74) is 1.28. The number of nitrogens with zero attached hydrogens (tertiary/aromatic N) is 1. The molecule has 164 valence electrons. The summed E-state index contributed by atoms with van der Waals surface area (Å²) in [4.78, 5) is 12.9. The highest BCUT2D eigenvalue weighted by Gasteiger charge is 2.31. The Morgan fingerprint density at radius 1 is 1.10 bits per heavy atom. The number of carbonyl (C=O) groups excluding carboxylic acids is 1. The molecule has 0 aliphatic heterocycles. The van der Waals surface area contributed by atoms with Crippen LogP contribution >= 0.6 is 0 Å². The van der Waals surface area contributed by atoms with E-state index in [0.717, 1.165) is 21.9 Å². The highest BCUT2D eigenvalue weighted by molar-refractivity contribution is 7.92. The maximum atomic E-state index is 12.9. The van der Waals surface area contributed by atoms with Gasteiger partial charge in [-0.05, 0) is 62.2 Å². The van der Waals surface area contributed by atoms with E-state index in [1.54, 1.807) is 31.2 Å². The normalized spacial score (nSPS) is 12.3. The van der Waals surface area contributed by atoms with Crippen LogP contribution in [0.25, 0.3) is 0 Å². The number of ether oxygens (including phenoxy) is 2. The van der Waals surface area contributed by atoms with Gasteiger partial charge in [-0.1, -0.05) is 19.1 Å². The summed E-state index contributed by atoms with van der Waals surface area (Å²) in [5, 5.41) is 2.85. The smallest absolute Gasteiger partial charge is 0.244 e. The zero-order valence-corrected chi connectivity index (χ0v) is 18.9. The molecule has 8 heteroatoms. The molecule has 1 amide bonds. The van der Waals surface area contributed by atoms with E-state index in [2.05, 4.69) is 5.32 Å². The van der Waals surface area contributed by atoms with Crippen LogP contribution in [0.2, 0.25) is 0 Å². The van der Waals surface area contributed by atoms with Crippen molar-refractivity contribution in [1.82, 2.24) is 5.32 Å². The first-order valence-electron chi connectivity index (χ1n) is 9.82. The molecule has 0 aromatic heterocycles. The van der Waals surface area contributed by atoms with E-state index in [4.69, 9.17) is 9.47 Å². The van der Waals surface area contributed by atoms with Gasteiger partial charge in [0.15, 0.2) is 0 Å². The van der Waals surface area contributed by atoms with Gasteiger partial charge in [0, 0.05) is 6.54 Å². The summed E-state index contributed by atoms with van der Waals surface area (Å²) in [7, 11) is -2.15. The van der Waals surface area contributed by atoms with E-state index in [0.29, 0.717) is 17.9 Å². The van der Waals surface area contributed by atoms with Crippen molar-refractivity contribution in [2.75, 3.05) is 17.7 Å². The Labute approximate surface area is 179 Å². The molecule has 0 spiro atoms. The van der Waals surface area contributed by atoms with Gasteiger partial charge >= 0.3 is 0 Å². The van der Waals surface area contributed by atoms with Gasteiger partial charge in [-0.25, -0.2) is 8.42 Å². The number of nitrogens with one attached hydrogen (secondary N) is 1. The predicted molar refractivity (Wildman–Crippen MR) is 118 cm³/mol. The molecule has 0 aliphatic rings. The van der Waals surface area contributed by atoms with Crippen molar-refractivity contribution in [2.24, 2.45) is 0 Å². The monoisotopic (exact) mass is 434 g/mol. The first-order chi connectivity index (χ1) is 14.2. The van der Waals surface area contributed by atoms with Gasteiger partial charge < -0.3 is 14.8 Å². The molecule has 0 saturated carbocycles. The fraction of sp³-hybridized carbons (Fsp3) is 0.409. The second-order valence-corrected chi connectivity index (χ2v) is 9.07. The first kappa shape index (κ1) is 23.5. The van der Waals surface area contributed by atoms with Crippen LogP contribution in [0.15, 0.2) is 48.5 Å². The first-order valence-corrected chi connectivity index (χ1v) is 11.7. The van der Waals surface area contributed by atoms with Gasteiger partial charge in [-0.15, -0.1) is 0 Å². The molecule has 0 radical (unpaired) electrons. The van der Waals surface area contributed by atoms with Crippen LogP contribution in [0.1, 0.15) is 32.8 Å². The molecule has 0 fully saturated rings. The number of methoxy groups -OCH3 is 1. The van der Waals surface area contributed by atoms with Crippen LogP contribution < -0.4 is 19.1 Å². The maximum Gasteiger partial charge on any atom is 0.244 e. The van der Waals surface area contributed by atoms with Crippen LogP contribution in [0.5, 0.6) is 11.5 Å². The van der Waals surface area contributed by atoms with Crippen LogP contribution in [0.4, 0.5) is 5.69 Å². The molecule has 2 aromatic rings. The molecule has 0 bridgehead atoms. The number of amides is 1.